The van der Waals surface area contributed by atoms with Gasteiger partial charge in [-0.1, -0.05) is 6.07 Å². The molecular weight excluding hydrogens is 456 g/mol. The number of nitrogen functional groups attached to an aromatic ring is 1. The van der Waals surface area contributed by atoms with E-state index < -0.39 is 23.4 Å². The fraction of sp³-hybridized carbons (Fsp3) is 0.208. The van der Waals surface area contributed by atoms with Crippen LogP contribution >= 0.6 is 0 Å². The van der Waals surface area contributed by atoms with Crippen molar-refractivity contribution in [2.45, 2.75) is 32.7 Å². The molecule has 0 bridgehead atoms. The summed E-state index contributed by atoms with van der Waals surface area (Å²) in [5.74, 6) is -3.00. The first-order chi connectivity index (χ1) is 16.5. The highest BCUT2D eigenvalue weighted by Crippen LogP contribution is 2.31. The summed E-state index contributed by atoms with van der Waals surface area (Å²) in [6.07, 6.45) is 1.42. The minimum absolute atomic E-state index is 0.0243. The second-order valence-corrected chi connectivity index (χ2v) is 8.18. The van der Waals surface area contributed by atoms with Crippen LogP contribution in [0.4, 0.5) is 14.5 Å². The maximum absolute atomic E-state index is 13.8. The quantitative estimate of drug-likeness (QED) is 0.410. The zero-order valence-electron chi connectivity index (χ0n) is 19.2. The molecule has 35 heavy (non-hydrogen) atoms. The average molecular weight is 479 g/mol. The smallest absolute Gasteiger partial charge is 0.272 e. The van der Waals surface area contributed by atoms with Gasteiger partial charge >= 0.3 is 0 Å². The number of hydrogen-bond acceptors (Lipinski definition) is 6. The summed E-state index contributed by atoms with van der Waals surface area (Å²) in [5, 5.41) is 11.1. The largest absolute Gasteiger partial charge is 0.399 e. The maximum atomic E-state index is 13.8. The molecule has 180 valence electrons. The van der Waals surface area contributed by atoms with Gasteiger partial charge in [0, 0.05) is 24.2 Å². The molecule has 1 amide bonds. The van der Waals surface area contributed by atoms with Crippen LogP contribution in [-0.4, -0.2) is 30.5 Å². The van der Waals surface area contributed by atoms with Gasteiger partial charge in [0.2, 0.25) is 0 Å². The van der Waals surface area contributed by atoms with Crippen LogP contribution in [0.15, 0.2) is 65.7 Å². The summed E-state index contributed by atoms with van der Waals surface area (Å²) in [7, 11) is 0. The minimum atomic E-state index is -3.08. The molecule has 3 N–H and O–H groups in total. The van der Waals surface area contributed by atoms with Gasteiger partial charge in [0.1, 0.15) is 17.8 Å². The van der Waals surface area contributed by atoms with Gasteiger partial charge in [-0.05, 0) is 61.9 Å². The molecule has 0 aliphatic rings. The van der Waals surface area contributed by atoms with Crippen LogP contribution in [0.3, 0.4) is 0 Å². The second-order valence-electron chi connectivity index (χ2n) is 8.18. The van der Waals surface area contributed by atoms with Crippen molar-refractivity contribution in [1.82, 2.24) is 29.9 Å². The van der Waals surface area contributed by atoms with Crippen LogP contribution in [0, 0.1) is 6.92 Å². The SMILES string of the molecule is Cc1ncnn1-c1cccc(-n2nc(C(=O)N[C@H](C)c3cc(N)cc(C(C)(F)F)c3)ccc2=O)c1. The predicted octanol–water partition coefficient (Wildman–Crippen LogP) is 3.31. The number of anilines is 1. The molecule has 2 aromatic carbocycles. The Morgan fingerprint density at radius 2 is 1.80 bits per heavy atom. The molecular formula is C24H23F2N7O2. The highest BCUT2D eigenvalue weighted by Gasteiger charge is 2.26. The van der Waals surface area contributed by atoms with Crippen LogP contribution in [0.2, 0.25) is 0 Å². The van der Waals surface area contributed by atoms with E-state index in [1.807, 2.05) is 0 Å². The lowest BCUT2D eigenvalue weighted by Gasteiger charge is -2.18. The van der Waals surface area contributed by atoms with E-state index in [2.05, 4.69) is 20.5 Å². The van der Waals surface area contributed by atoms with Gasteiger partial charge in [0.25, 0.3) is 17.4 Å². The molecule has 4 rings (SSSR count). The molecule has 0 spiro atoms. The number of aryl methyl sites for hydroxylation is 1. The summed E-state index contributed by atoms with van der Waals surface area (Å²) in [6.45, 7) is 4.21. The molecule has 2 aromatic heterocycles. The molecule has 0 saturated heterocycles. The standard InChI is InChI=1S/C24H23F2N7O2/c1-14(16-9-17(24(3,25)26)11-18(27)10-16)30-23(35)21-7-8-22(34)33(31-21)20-6-4-5-19(12-20)32-15(2)28-13-29-32/h4-14H,27H2,1-3H3,(H,30,35)/t14-/m1/s1. The number of hydrogen-bond donors (Lipinski definition) is 2. The number of rotatable bonds is 6. The fourth-order valence-electron chi connectivity index (χ4n) is 3.56. The number of nitrogens with one attached hydrogen (secondary N) is 1. The zero-order valence-corrected chi connectivity index (χ0v) is 19.2. The van der Waals surface area contributed by atoms with E-state index in [9.17, 15) is 18.4 Å². The summed E-state index contributed by atoms with van der Waals surface area (Å²) < 4.78 is 30.3. The maximum Gasteiger partial charge on any atom is 0.272 e. The topological polar surface area (TPSA) is 121 Å². The second kappa shape index (κ2) is 9.09. The van der Waals surface area contributed by atoms with Gasteiger partial charge in [-0.25, -0.2) is 18.4 Å². The van der Waals surface area contributed by atoms with Crippen LogP contribution in [-0.2, 0) is 5.92 Å². The predicted molar refractivity (Wildman–Crippen MR) is 126 cm³/mol. The number of nitrogens with two attached hydrogens (primary N) is 1. The Hall–Kier alpha value is -4.41. The lowest BCUT2D eigenvalue weighted by Crippen LogP contribution is -2.31. The number of benzene rings is 2. The molecule has 0 aliphatic carbocycles. The van der Waals surface area contributed by atoms with Gasteiger partial charge < -0.3 is 11.1 Å². The lowest BCUT2D eigenvalue weighted by atomic mass is 10.0. The third-order valence-corrected chi connectivity index (χ3v) is 5.40. The fourth-order valence-corrected chi connectivity index (χ4v) is 3.56. The molecule has 0 fully saturated rings. The number of carbonyl (C=O) groups excluding carboxylic acids is 1. The molecule has 2 heterocycles. The first-order valence-electron chi connectivity index (χ1n) is 10.7. The van der Waals surface area contributed by atoms with E-state index in [1.165, 1.54) is 36.7 Å². The van der Waals surface area contributed by atoms with Gasteiger partial charge in [0.05, 0.1) is 17.4 Å². The Labute approximate surface area is 199 Å². The van der Waals surface area contributed by atoms with Crippen molar-refractivity contribution in [1.29, 1.82) is 0 Å². The summed E-state index contributed by atoms with van der Waals surface area (Å²) in [4.78, 5) is 29.5. The Morgan fingerprint density at radius 1 is 1.09 bits per heavy atom. The van der Waals surface area contributed by atoms with Crippen molar-refractivity contribution in [3.63, 3.8) is 0 Å². The van der Waals surface area contributed by atoms with E-state index >= 15 is 0 Å². The monoisotopic (exact) mass is 479 g/mol. The van der Waals surface area contributed by atoms with Gasteiger partial charge in [-0.15, -0.1) is 0 Å². The first kappa shape index (κ1) is 23.7. The van der Waals surface area contributed by atoms with Crippen molar-refractivity contribution < 1.29 is 13.6 Å². The molecule has 0 aliphatic heterocycles. The Kier molecular flexibility index (Phi) is 6.16. The van der Waals surface area contributed by atoms with Crippen molar-refractivity contribution in [2.24, 2.45) is 0 Å². The van der Waals surface area contributed by atoms with Crippen LogP contribution in [0.1, 0.15) is 47.3 Å². The van der Waals surface area contributed by atoms with Crippen molar-refractivity contribution in [3.8, 4) is 11.4 Å². The van der Waals surface area contributed by atoms with Crippen molar-refractivity contribution >= 4 is 11.6 Å². The summed E-state index contributed by atoms with van der Waals surface area (Å²) in [5.41, 5.74) is 6.75. The highest BCUT2D eigenvalue weighted by atomic mass is 19.3. The normalized spacial score (nSPS) is 12.4. The van der Waals surface area contributed by atoms with E-state index in [1.54, 1.807) is 42.8 Å². The number of alkyl halides is 2. The third kappa shape index (κ3) is 5.08. The Balaban J connectivity index is 1.61. The number of amides is 1. The number of nitrogens with zero attached hydrogens (tertiary/aromatic N) is 5. The average Bonchev–Trinajstić information content (AvgIpc) is 3.24. The molecule has 0 saturated carbocycles. The van der Waals surface area contributed by atoms with Crippen molar-refractivity contribution in [2.75, 3.05) is 5.73 Å². The summed E-state index contributed by atoms with van der Waals surface area (Å²) >= 11 is 0. The first-order valence-corrected chi connectivity index (χ1v) is 10.7. The number of aromatic nitrogens is 5. The number of halogens is 2. The lowest BCUT2D eigenvalue weighted by molar-refractivity contribution is 0.0174. The Morgan fingerprint density at radius 3 is 2.46 bits per heavy atom. The molecule has 1 atom stereocenters. The van der Waals surface area contributed by atoms with E-state index in [0.29, 0.717) is 22.8 Å². The van der Waals surface area contributed by atoms with E-state index in [4.69, 9.17) is 5.73 Å². The number of carbonyl (C=O) groups is 1. The molecule has 4 aromatic rings. The van der Waals surface area contributed by atoms with Crippen LogP contribution in [0.5, 0.6) is 0 Å². The molecule has 11 heteroatoms. The zero-order chi connectivity index (χ0) is 25.3. The molecule has 0 radical (unpaired) electrons. The molecule has 9 nitrogen and oxygen atoms in total. The highest BCUT2D eigenvalue weighted by molar-refractivity contribution is 5.92. The van der Waals surface area contributed by atoms with Crippen LogP contribution in [0.25, 0.3) is 11.4 Å². The van der Waals surface area contributed by atoms with Crippen molar-refractivity contribution in [3.05, 3.63) is 93.9 Å². The molecule has 0 unspecified atom stereocenters. The Bertz CT molecular complexity index is 1460. The van der Waals surface area contributed by atoms with Gasteiger partial charge in [-0.3, -0.25) is 9.59 Å². The van der Waals surface area contributed by atoms with Gasteiger partial charge in [-0.2, -0.15) is 14.9 Å². The summed E-state index contributed by atoms with van der Waals surface area (Å²) in [6, 6.07) is 12.8. The van der Waals surface area contributed by atoms with Gasteiger partial charge in [0.15, 0.2) is 0 Å². The van der Waals surface area contributed by atoms with E-state index in [-0.39, 0.29) is 16.9 Å². The minimum Gasteiger partial charge on any atom is -0.399 e. The van der Waals surface area contributed by atoms with Crippen LogP contribution < -0.4 is 16.6 Å². The van der Waals surface area contributed by atoms with E-state index in [0.717, 1.165) is 11.6 Å². The third-order valence-electron chi connectivity index (χ3n) is 5.40.